The van der Waals surface area contributed by atoms with Gasteiger partial charge < -0.3 is 18.9 Å². The largest absolute Gasteiger partial charge is 0.510 e. The zero-order valence-corrected chi connectivity index (χ0v) is 16.8. The number of carbonyl (C=O) groups excluding carboxylic acids is 2. The van der Waals surface area contributed by atoms with Gasteiger partial charge >= 0.3 is 12.1 Å². The van der Waals surface area contributed by atoms with Gasteiger partial charge in [-0.15, -0.1) is 0 Å². The molecule has 150 valence electrons. The van der Waals surface area contributed by atoms with Crippen molar-refractivity contribution in [2.75, 3.05) is 20.3 Å². The Morgan fingerprint density at radius 2 is 1.64 bits per heavy atom. The van der Waals surface area contributed by atoms with E-state index in [1.54, 1.807) is 26.2 Å². The lowest BCUT2D eigenvalue weighted by Crippen LogP contribution is -2.13. The van der Waals surface area contributed by atoms with E-state index in [4.69, 9.17) is 25.8 Å². The van der Waals surface area contributed by atoms with Crippen molar-refractivity contribution in [1.82, 2.24) is 0 Å². The van der Waals surface area contributed by atoms with Gasteiger partial charge in [0, 0.05) is 0 Å². The smallest absolute Gasteiger partial charge is 0.497 e. The first-order valence-corrected chi connectivity index (χ1v) is 9.21. The van der Waals surface area contributed by atoms with Crippen LogP contribution in [0.5, 0.6) is 5.75 Å². The molecule has 0 radical (unpaired) electrons. The number of hydrogen-bond acceptors (Lipinski definition) is 6. The minimum Gasteiger partial charge on any atom is -0.497 e. The molecule has 0 saturated heterocycles. The van der Waals surface area contributed by atoms with E-state index in [1.807, 2.05) is 36.4 Å². The van der Waals surface area contributed by atoms with Crippen LogP contribution in [0.1, 0.15) is 25.3 Å². The molecule has 0 heterocycles. The number of ether oxygens (including phenoxy) is 4. The van der Waals surface area contributed by atoms with E-state index in [-0.39, 0.29) is 19.2 Å². The van der Waals surface area contributed by atoms with Gasteiger partial charge in [0.2, 0.25) is 0 Å². The molecule has 0 N–H and O–H groups in total. The van der Waals surface area contributed by atoms with Gasteiger partial charge in [0.1, 0.15) is 19.0 Å². The molecular weight excluding hydrogens is 384 g/mol. The SMILES string of the molecule is COc1ccc2cc(C(C)C(=O)OC/C=C\COC(=O)OC(C)Cl)ccc2c1. The van der Waals surface area contributed by atoms with Gasteiger partial charge in [0.05, 0.1) is 13.0 Å². The Kier molecular flexibility index (Phi) is 8.14. The minimum absolute atomic E-state index is 0.00365. The number of alkyl halides is 1. The van der Waals surface area contributed by atoms with Crippen LogP contribution in [0.3, 0.4) is 0 Å². The normalized spacial score (nSPS) is 13.1. The van der Waals surface area contributed by atoms with E-state index >= 15 is 0 Å². The molecule has 0 aromatic heterocycles. The lowest BCUT2D eigenvalue weighted by atomic mass is 9.98. The van der Waals surface area contributed by atoms with E-state index in [9.17, 15) is 9.59 Å². The standard InChI is InChI=1S/C21H23ClO6/c1-14(16-6-7-18-13-19(25-3)9-8-17(18)12-16)20(23)26-10-4-5-11-27-21(24)28-15(2)22/h4-9,12-15H,10-11H2,1-3H3/b5-4-. The summed E-state index contributed by atoms with van der Waals surface area (Å²) in [6, 6.07) is 11.6. The Morgan fingerprint density at radius 1 is 1.00 bits per heavy atom. The van der Waals surface area contributed by atoms with Gasteiger partial charge in [-0.25, -0.2) is 4.79 Å². The second kappa shape index (κ2) is 10.6. The van der Waals surface area contributed by atoms with Crippen LogP contribution in [0.2, 0.25) is 0 Å². The molecular formula is C21H23ClO6. The summed E-state index contributed by atoms with van der Waals surface area (Å²) in [4.78, 5) is 23.4. The van der Waals surface area contributed by atoms with E-state index in [2.05, 4.69) is 4.74 Å². The Bertz CT molecular complexity index is 846. The summed E-state index contributed by atoms with van der Waals surface area (Å²) in [5, 5.41) is 2.06. The third-order valence-corrected chi connectivity index (χ3v) is 4.06. The fourth-order valence-electron chi connectivity index (χ4n) is 2.45. The van der Waals surface area contributed by atoms with Crippen molar-refractivity contribution in [3.63, 3.8) is 0 Å². The van der Waals surface area contributed by atoms with Crippen molar-refractivity contribution in [2.24, 2.45) is 0 Å². The van der Waals surface area contributed by atoms with Crippen molar-refractivity contribution in [1.29, 1.82) is 0 Å². The summed E-state index contributed by atoms with van der Waals surface area (Å²) in [5.74, 6) is 0.0408. The Morgan fingerprint density at radius 3 is 2.32 bits per heavy atom. The number of carbonyl (C=O) groups is 2. The zero-order chi connectivity index (χ0) is 20.5. The molecule has 2 atom stereocenters. The van der Waals surface area contributed by atoms with Crippen LogP contribution >= 0.6 is 11.6 Å². The fraction of sp³-hybridized carbons (Fsp3) is 0.333. The molecule has 0 aliphatic heterocycles. The first-order valence-electron chi connectivity index (χ1n) is 8.77. The van der Waals surface area contributed by atoms with Crippen LogP contribution in [0.4, 0.5) is 4.79 Å². The summed E-state index contributed by atoms with van der Waals surface area (Å²) in [7, 11) is 1.63. The summed E-state index contributed by atoms with van der Waals surface area (Å²) in [6.07, 6.45) is 2.29. The van der Waals surface area contributed by atoms with Crippen molar-refractivity contribution in [3.05, 3.63) is 54.1 Å². The van der Waals surface area contributed by atoms with Gasteiger partial charge in [0.15, 0.2) is 5.56 Å². The van der Waals surface area contributed by atoms with Gasteiger partial charge in [-0.2, -0.15) is 0 Å². The highest BCUT2D eigenvalue weighted by molar-refractivity contribution is 6.19. The molecule has 0 aliphatic rings. The highest BCUT2D eigenvalue weighted by Crippen LogP contribution is 2.25. The third kappa shape index (κ3) is 6.46. The van der Waals surface area contributed by atoms with Crippen molar-refractivity contribution >= 4 is 34.5 Å². The molecule has 0 spiro atoms. The van der Waals surface area contributed by atoms with Gasteiger partial charge in [-0.1, -0.05) is 35.9 Å². The average Bonchev–Trinajstić information content (AvgIpc) is 2.68. The number of hydrogen-bond donors (Lipinski definition) is 0. The number of esters is 1. The van der Waals surface area contributed by atoms with E-state index in [0.29, 0.717) is 0 Å². The first kappa shape index (κ1) is 21.6. The number of methoxy groups -OCH3 is 1. The molecule has 2 unspecified atom stereocenters. The Labute approximate surface area is 169 Å². The Hall–Kier alpha value is -2.73. The fourth-order valence-corrected chi connectivity index (χ4v) is 2.52. The molecule has 0 bridgehead atoms. The zero-order valence-electron chi connectivity index (χ0n) is 16.0. The quantitative estimate of drug-likeness (QED) is 0.356. The Balaban J connectivity index is 1.83. The highest BCUT2D eigenvalue weighted by atomic mass is 35.5. The lowest BCUT2D eigenvalue weighted by molar-refractivity contribution is -0.143. The summed E-state index contributed by atoms with van der Waals surface area (Å²) in [6.45, 7) is 3.39. The number of rotatable bonds is 8. The summed E-state index contributed by atoms with van der Waals surface area (Å²) >= 11 is 5.49. The van der Waals surface area contributed by atoms with E-state index < -0.39 is 17.6 Å². The molecule has 0 saturated carbocycles. The number of benzene rings is 2. The van der Waals surface area contributed by atoms with Crippen LogP contribution in [-0.2, 0) is 19.0 Å². The number of fused-ring (bicyclic) bond motifs is 1. The van der Waals surface area contributed by atoms with Crippen LogP contribution < -0.4 is 4.74 Å². The minimum atomic E-state index is -0.855. The van der Waals surface area contributed by atoms with Crippen LogP contribution in [0, 0.1) is 0 Å². The molecule has 0 aliphatic carbocycles. The molecule has 7 heteroatoms. The van der Waals surface area contributed by atoms with Crippen LogP contribution in [0.15, 0.2) is 48.6 Å². The maximum absolute atomic E-state index is 12.2. The monoisotopic (exact) mass is 406 g/mol. The van der Waals surface area contributed by atoms with Crippen LogP contribution in [-0.4, -0.2) is 38.0 Å². The van der Waals surface area contributed by atoms with E-state index in [1.165, 1.54) is 6.92 Å². The summed E-state index contributed by atoms with van der Waals surface area (Å²) in [5.41, 5.74) is 0.115. The molecule has 6 nitrogen and oxygen atoms in total. The molecule has 0 fully saturated rings. The predicted octanol–water partition coefficient (Wildman–Crippen LogP) is 4.79. The summed E-state index contributed by atoms with van der Waals surface area (Å²) < 4.78 is 19.8. The second-order valence-corrected chi connectivity index (χ2v) is 6.63. The van der Waals surface area contributed by atoms with Gasteiger partial charge in [0.25, 0.3) is 0 Å². The van der Waals surface area contributed by atoms with E-state index in [0.717, 1.165) is 22.1 Å². The van der Waals surface area contributed by atoms with Crippen LogP contribution in [0.25, 0.3) is 10.8 Å². The maximum Gasteiger partial charge on any atom is 0.510 e. The van der Waals surface area contributed by atoms with Gasteiger partial charge in [-0.05, 0) is 54.5 Å². The molecule has 28 heavy (non-hydrogen) atoms. The second-order valence-electron chi connectivity index (χ2n) is 6.02. The molecule has 2 rings (SSSR count). The number of halogens is 1. The lowest BCUT2D eigenvalue weighted by Gasteiger charge is -2.12. The molecule has 2 aromatic carbocycles. The topological polar surface area (TPSA) is 71.1 Å². The van der Waals surface area contributed by atoms with Gasteiger partial charge in [-0.3, -0.25) is 4.79 Å². The first-order chi connectivity index (χ1) is 13.4. The predicted molar refractivity (Wildman–Crippen MR) is 107 cm³/mol. The average molecular weight is 407 g/mol. The molecule has 2 aromatic rings. The third-order valence-electron chi connectivity index (χ3n) is 3.97. The molecule has 0 amide bonds. The highest BCUT2D eigenvalue weighted by Gasteiger charge is 2.16. The van der Waals surface area contributed by atoms with Crippen molar-refractivity contribution in [3.8, 4) is 5.75 Å². The van der Waals surface area contributed by atoms with Crippen molar-refractivity contribution < 1.29 is 28.5 Å². The van der Waals surface area contributed by atoms with Crippen molar-refractivity contribution in [2.45, 2.75) is 25.3 Å². The maximum atomic E-state index is 12.2.